The van der Waals surface area contributed by atoms with E-state index in [1.807, 2.05) is 0 Å². The molecule has 0 amide bonds. The van der Waals surface area contributed by atoms with Crippen LogP contribution in [0.25, 0.3) is 0 Å². The number of aromatic nitrogens is 1. The van der Waals surface area contributed by atoms with Crippen molar-refractivity contribution in [3.63, 3.8) is 0 Å². The van der Waals surface area contributed by atoms with Crippen molar-refractivity contribution in [1.29, 1.82) is 0 Å². The number of nitrogens with one attached hydrogen (secondary N) is 2. The molecule has 1 heterocycles. The van der Waals surface area contributed by atoms with Crippen molar-refractivity contribution >= 4 is 17.3 Å². The topological polar surface area (TPSA) is 58.5 Å². The molecule has 1 fully saturated rings. The Hall–Kier alpha value is -1.35. The van der Waals surface area contributed by atoms with Crippen LogP contribution in [0, 0.1) is 5.41 Å². The number of guanidine groups is 1. The molecule has 0 bridgehead atoms. The van der Waals surface area contributed by atoms with Crippen LogP contribution < -0.4 is 10.6 Å². The van der Waals surface area contributed by atoms with Gasteiger partial charge in [-0.15, -0.1) is 11.3 Å². The number of ether oxygens (including phenoxy) is 1. The molecule has 0 saturated heterocycles. The molecule has 1 aliphatic carbocycles. The lowest BCUT2D eigenvalue weighted by Gasteiger charge is -2.42. The van der Waals surface area contributed by atoms with E-state index in [1.165, 1.54) is 6.42 Å². The molecule has 0 unspecified atom stereocenters. The summed E-state index contributed by atoms with van der Waals surface area (Å²) < 4.78 is 42.8. The Kier molecular flexibility index (Phi) is 6.45. The van der Waals surface area contributed by atoms with Crippen LogP contribution in [0.1, 0.15) is 36.4 Å². The van der Waals surface area contributed by atoms with E-state index in [0.29, 0.717) is 11.0 Å². The molecule has 0 atom stereocenters. The van der Waals surface area contributed by atoms with Gasteiger partial charge in [0.1, 0.15) is 5.01 Å². The van der Waals surface area contributed by atoms with Gasteiger partial charge in [-0.3, -0.25) is 4.99 Å². The summed E-state index contributed by atoms with van der Waals surface area (Å²) in [7, 11) is 3.34. The maximum absolute atomic E-state index is 12.5. The van der Waals surface area contributed by atoms with Crippen LogP contribution >= 0.6 is 11.3 Å². The molecule has 136 valence electrons. The van der Waals surface area contributed by atoms with E-state index < -0.39 is 11.9 Å². The Labute approximate surface area is 143 Å². The van der Waals surface area contributed by atoms with Gasteiger partial charge in [0.15, 0.2) is 11.7 Å². The lowest BCUT2D eigenvalue weighted by molar-refractivity contribution is -0.140. The van der Waals surface area contributed by atoms with Gasteiger partial charge >= 0.3 is 6.18 Å². The number of alkyl halides is 3. The average molecular weight is 364 g/mol. The zero-order valence-electron chi connectivity index (χ0n) is 13.9. The minimum Gasteiger partial charge on any atom is -0.385 e. The van der Waals surface area contributed by atoms with Crippen molar-refractivity contribution in [1.82, 2.24) is 15.6 Å². The minimum atomic E-state index is -4.40. The van der Waals surface area contributed by atoms with Crippen LogP contribution in [-0.4, -0.2) is 38.3 Å². The van der Waals surface area contributed by atoms with Gasteiger partial charge in [-0.1, -0.05) is 6.42 Å². The molecule has 0 radical (unpaired) electrons. The van der Waals surface area contributed by atoms with Crippen molar-refractivity contribution in [3.8, 4) is 0 Å². The lowest BCUT2D eigenvalue weighted by Crippen LogP contribution is -2.46. The maximum Gasteiger partial charge on any atom is 0.434 e. The number of hydrogen-bond donors (Lipinski definition) is 2. The van der Waals surface area contributed by atoms with Gasteiger partial charge in [0, 0.05) is 32.7 Å². The second-order valence-electron chi connectivity index (χ2n) is 6.00. The highest BCUT2D eigenvalue weighted by Gasteiger charge is 2.36. The van der Waals surface area contributed by atoms with E-state index in [9.17, 15) is 13.2 Å². The quantitative estimate of drug-likeness (QED) is 0.577. The first-order valence-corrected chi connectivity index (χ1v) is 8.71. The van der Waals surface area contributed by atoms with Crippen LogP contribution in [0.2, 0.25) is 0 Å². The molecule has 1 aliphatic rings. The van der Waals surface area contributed by atoms with E-state index >= 15 is 0 Å². The Bertz CT molecular complexity index is 555. The molecule has 2 rings (SSSR count). The van der Waals surface area contributed by atoms with Crippen molar-refractivity contribution < 1.29 is 17.9 Å². The monoisotopic (exact) mass is 364 g/mol. The van der Waals surface area contributed by atoms with Gasteiger partial charge in [-0.2, -0.15) is 13.2 Å². The average Bonchev–Trinajstić information content (AvgIpc) is 2.97. The first-order valence-electron chi connectivity index (χ1n) is 7.84. The fourth-order valence-corrected chi connectivity index (χ4v) is 3.42. The molecule has 0 aromatic carbocycles. The van der Waals surface area contributed by atoms with Crippen molar-refractivity contribution in [2.24, 2.45) is 10.4 Å². The molecule has 0 aliphatic heterocycles. The summed E-state index contributed by atoms with van der Waals surface area (Å²) in [4.78, 5) is 7.71. The second-order valence-corrected chi connectivity index (χ2v) is 6.94. The van der Waals surface area contributed by atoms with Crippen LogP contribution in [0.3, 0.4) is 0 Å². The van der Waals surface area contributed by atoms with Crippen LogP contribution in [0.5, 0.6) is 0 Å². The second kappa shape index (κ2) is 8.15. The number of rotatable bonds is 7. The van der Waals surface area contributed by atoms with Gasteiger partial charge in [0.2, 0.25) is 0 Å². The third-order valence-corrected chi connectivity index (χ3v) is 5.20. The third-order valence-electron chi connectivity index (χ3n) is 4.35. The Morgan fingerprint density at radius 3 is 2.67 bits per heavy atom. The number of aliphatic imine (C=N–C) groups is 1. The first-order chi connectivity index (χ1) is 11.4. The predicted octanol–water partition coefficient (Wildman–Crippen LogP) is 3.03. The SMILES string of the molecule is CN=C(NCc1nc(C(F)(F)F)cs1)NCC1(CCOC)CCC1. The van der Waals surface area contributed by atoms with Crippen LogP contribution in [0.4, 0.5) is 13.2 Å². The van der Waals surface area contributed by atoms with E-state index in [1.54, 1.807) is 14.2 Å². The molecule has 9 heteroatoms. The summed E-state index contributed by atoms with van der Waals surface area (Å²) in [5.41, 5.74) is -0.613. The van der Waals surface area contributed by atoms with E-state index in [2.05, 4.69) is 20.6 Å². The molecule has 5 nitrogen and oxygen atoms in total. The molecular formula is C15H23F3N4OS. The molecule has 1 saturated carbocycles. The maximum atomic E-state index is 12.5. The standard InChI is InChI=1S/C15H23F3N4OS/c1-19-13(21-10-14(4-3-5-14)6-7-23-2)20-8-12-22-11(9-24-12)15(16,17)18/h9H,3-8,10H2,1-2H3,(H2,19,20,21). The van der Waals surface area contributed by atoms with Crippen molar-refractivity contribution in [2.45, 2.75) is 38.4 Å². The zero-order valence-corrected chi connectivity index (χ0v) is 14.7. The number of methoxy groups -OCH3 is 1. The molecule has 1 aromatic rings. The summed E-state index contributed by atoms with van der Waals surface area (Å²) in [6, 6.07) is 0. The summed E-state index contributed by atoms with van der Waals surface area (Å²) in [5.74, 6) is 0.572. The summed E-state index contributed by atoms with van der Waals surface area (Å²) in [6.07, 6.45) is 0.127. The fraction of sp³-hybridized carbons (Fsp3) is 0.733. The van der Waals surface area contributed by atoms with Gasteiger partial charge in [-0.25, -0.2) is 4.98 Å². The van der Waals surface area contributed by atoms with E-state index in [0.717, 1.165) is 49.1 Å². The number of nitrogens with zero attached hydrogens (tertiary/aromatic N) is 2. The van der Waals surface area contributed by atoms with Gasteiger partial charge < -0.3 is 15.4 Å². The van der Waals surface area contributed by atoms with E-state index in [-0.39, 0.29) is 12.0 Å². The number of halogens is 3. The molecular weight excluding hydrogens is 341 g/mol. The number of hydrogen-bond acceptors (Lipinski definition) is 4. The Morgan fingerprint density at radius 1 is 1.42 bits per heavy atom. The van der Waals surface area contributed by atoms with E-state index in [4.69, 9.17) is 4.74 Å². The molecule has 1 aromatic heterocycles. The highest BCUT2D eigenvalue weighted by atomic mass is 32.1. The van der Waals surface area contributed by atoms with Gasteiger partial charge in [-0.05, 0) is 24.7 Å². The van der Waals surface area contributed by atoms with Crippen molar-refractivity contribution in [2.75, 3.05) is 27.3 Å². The zero-order chi connectivity index (χ0) is 17.6. The normalized spacial score (nSPS) is 17.5. The minimum absolute atomic E-state index is 0.214. The lowest BCUT2D eigenvalue weighted by atomic mass is 9.67. The third kappa shape index (κ3) is 5.07. The highest BCUT2D eigenvalue weighted by molar-refractivity contribution is 7.09. The predicted molar refractivity (Wildman–Crippen MR) is 88.1 cm³/mol. The smallest absolute Gasteiger partial charge is 0.385 e. The molecule has 2 N–H and O–H groups in total. The Morgan fingerprint density at radius 2 is 2.17 bits per heavy atom. The van der Waals surface area contributed by atoms with Gasteiger partial charge in [0.05, 0.1) is 6.54 Å². The number of thiazole rings is 1. The largest absolute Gasteiger partial charge is 0.434 e. The van der Waals surface area contributed by atoms with Crippen LogP contribution in [-0.2, 0) is 17.5 Å². The first kappa shape index (κ1) is 19.0. The summed E-state index contributed by atoms with van der Waals surface area (Å²) >= 11 is 0.986. The van der Waals surface area contributed by atoms with Crippen LogP contribution in [0.15, 0.2) is 10.4 Å². The summed E-state index contributed by atoms with van der Waals surface area (Å²) in [5, 5.41) is 7.69. The Balaban J connectivity index is 1.81. The van der Waals surface area contributed by atoms with Gasteiger partial charge in [0.25, 0.3) is 0 Å². The highest BCUT2D eigenvalue weighted by Crippen LogP contribution is 2.43. The molecule has 24 heavy (non-hydrogen) atoms. The van der Waals surface area contributed by atoms with Crippen molar-refractivity contribution in [3.05, 3.63) is 16.1 Å². The summed E-state index contributed by atoms with van der Waals surface area (Å²) in [6.45, 7) is 1.72. The molecule has 0 spiro atoms. The fourth-order valence-electron chi connectivity index (χ4n) is 2.68.